The van der Waals surface area contributed by atoms with E-state index < -0.39 is 29.9 Å². The van der Waals surface area contributed by atoms with Gasteiger partial charge < -0.3 is 14.6 Å². The van der Waals surface area contributed by atoms with E-state index in [1.165, 1.54) is 11.3 Å². The van der Waals surface area contributed by atoms with Crippen LogP contribution in [0, 0.1) is 5.92 Å². The second-order valence-electron chi connectivity index (χ2n) is 7.52. The van der Waals surface area contributed by atoms with Crippen molar-refractivity contribution in [2.45, 2.75) is 18.0 Å². The van der Waals surface area contributed by atoms with Crippen molar-refractivity contribution in [1.82, 2.24) is 5.32 Å². The molecule has 2 aliphatic rings. The second kappa shape index (κ2) is 8.00. The van der Waals surface area contributed by atoms with Gasteiger partial charge in [0.05, 0.1) is 10.8 Å². The minimum Gasteiger partial charge on any atom is -0.480 e. The molecule has 158 valence electrons. The van der Waals surface area contributed by atoms with Gasteiger partial charge in [-0.15, -0.1) is 11.3 Å². The number of benzene rings is 2. The highest BCUT2D eigenvalue weighted by molar-refractivity contribution is 7.12. The Morgan fingerprint density at radius 3 is 2.48 bits per heavy atom. The van der Waals surface area contributed by atoms with Gasteiger partial charge in [-0.05, 0) is 46.8 Å². The molecule has 2 aliphatic heterocycles. The predicted octanol–water partition coefficient (Wildman–Crippen LogP) is 4.51. The van der Waals surface area contributed by atoms with Gasteiger partial charge in [0.1, 0.15) is 6.04 Å². The summed E-state index contributed by atoms with van der Waals surface area (Å²) in [6.45, 7) is 0.138. The van der Waals surface area contributed by atoms with E-state index in [1.807, 2.05) is 23.6 Å². The van der Waals surface area contributed by atoms with E-state index in [0.29, 0.717) is 21.4 Å². The highest BCUT2D eigenvalue weighted by Crippen LogP contribution is 2.47. The first-order chi connectivity index (χ1) is 15.0. The molecule has 4 atom stereocenters. The minimum absolute atomic E-state index is 0.0890. The lowest BCUT2D eigenvalue weighted by molar-refractivity contribution is -0.139. The van der Waals surface area contributed by atoms with E-state index in [0.717, 1.165) is 11.1 Å². The van der Waals surface area contributed by atoms with Crippen molar-refractivity contribution in [3.8, 4) is 11.5 Å². The van der Waals surface area contributed by atoms with Crippen molar-refractivity contribution in [2.24, 2.45) is 5.92 Å². The maximum absolute atomic E-state index is 13.6. The zero-order valence-corrected chi connectivity index (χ0v) is 17.7. The summed E-state index contributed by atoms with van der Waals surface area (Å²) in [4.78, 5) is 26.5. The van der Waals surface area contributed by atoms with E-state index in [1.54, 1.807) is 36.4 Å². The molecule has 0 saturated carbocycles. The van der Waals surface area contributed by atoms with Crippen LogP contribution in [0.25, 0.3) is 0 Å². The van der Waals surface area contributed by atoms with E-state index in [9.17, 15) is 14.7 Å². The fourth-order valence-electron chi connectivity index (χ4n) is 4.43. The third-order valence-corrected chi connectivity index (χ3v) is 6.94. The number of thiophene rings is 1. The van der Waals surface area contributed by atoms with Gasteiger partial charge in [-0.1, -0.05) is 35.9 Å². The minimum atomic E-state index is -1.01. The molecule has 0 aliphatic carbocycles. The number of Topliss-reactive ketones (excluding diaryl/α,β-unsaturated/α-hetero) is 1. The van der Waals surface area contributed by atoms with Crippen LogP contribution in [-0.4, -0.2) is 29.7 Å². The van der Waals surface area contributed by atoms with E-state index in [4.69, 9.17) is 21.1 Å². The van der Waals surface area contributed by atoms with Gasteiger partial charge in [-0.25, -0.2) is 0 Å². The van der Waals surface area contributed by atoms with E-state index in [-0.39, 0.29) is 12.6 Å². The number of hydrogen-bond acceptors (Lipinski definition) is 6. The van der Waals surface area contributed by atoms with Gasteiger partial charge in [0.25, 0.3) is 0 Å². The van der Waals surface area contributed by atoms with E-state index >= 15 is 0 Å². The van der Waals surface area contributed by atoms with Gasteiger partial charge in [-0.2, -0.15) is 0 Å². The number of rotatable bonds is 5. The number of halogens is 1. The van der Waals surface area contributed by atoms with Gasteiger partial charge >= 0.3 is 5.97 Å². The maximum Gasteiger partial charge on any atom is 0.321 e. The summed E-state index contributed by atoms with van der Waals surface area (Å²) in [5.74, 6) is -1.07. The summed E-state index contributed by atoms with van der Waals surface area (Å²) in [5, 5.41) is 15.6. The molecule has 1 fully saturated rings. The molecule has 0 radical (unpaired) electrons. The van der Waals surface area contributed by atoms with Gasteiger partial charge in [0.15, 0.2) is 17.3 Å². The Morgan fingerprint density at radius 2 is 1.77 bits per heavy atom. The zero-order chi connectivity index (χ0) is 21.5. The van der Waals surface area contributed by atoms with Crippen LogP contribution in [0.5, 0.6) is 11.5 Å². The lowest BCUT2D eigenvalue weighted by Crippen LogP contribution is -2.35. The number of carbonyl (C=O) groups is 2. The van der Waals surface area contributed by atoms with Gasteiger partial charge in [-0.3, -0.25) is 14.9 Å². The highest BCUT2D eigenvalue weighted by Gasteiger charge is 2.51. The molecule has 3 heterocycles. The Balaban J connectivity index is 1.63. The van der Waals surface area contributed by atoms with Crippen molar-refractivity contribution in [3.05, 3.63) is 81.0 Å². The van der Waals surface area contributed by atoms with Gasteiger partial charge in [0.2, 0.25) is 6.79 Å². The zero-order valence-electron chi connectivity index (χ0n) is 16.2. The number of carboxylic acids is 1. The molecule has 5 rings (SSSR count). The Hall–Kier alpha value is -2.87. The number of ether oxygens (including phenoxy) is 2. The molecule has 0 bridgehead atoms. The summed E-state index contributed by atoms with van der Waals surface area (Å²) in [6.07, 6.45) is 0. The lowest BCUT2D eigenvalue weighted by Gasteiger charge is -2.24. The molecule has 4 unspecified atom stereocenters. The average Bonchev–Trinajstić information content (AvgIpc) is 3.52. The quantitative estimate of drug-likeness (QED) is 0.550. The SMILES string of the molecule is O=C(O)C1NC(c2ccc3c(c2)OCO3)C(C(=O)c2cccs2)C1c1ccc(Cl)cc1. The van der Waals surface area contributed by atoms with Crippen LogP contribution < -0.4 is 14.8 Å². The summed E-state index contributed by atoms with van der Waals surface area (Å²) < 4.78 is 10.9. The molecule has 2 N–H and O–H groups in total. The molecule has 1 saturated heterocycles. The molecule has 6 nitrogen and oxygen atoms in total. The number of aliphatic carboxylic acids is 1. The van der Waals surface area contributed by atoms with Crippen molar-refractivity contribution in [2.75, 3.05) is 6.79 Å². The second-order valence-corrected chi connectivity index (χ2v) is 8.90. The lowest BCUT2D eigenvalue weighted by atomic mass is 9.77. The molecule has 1 aromatic heterocycles. The smallest absolute Gasteiger partial charge is 0.321 e. The molecule has 31 heavy (non-hydrogen) atoms. The van der Waals surface area contributed by atoms with Gasteiger partial charge in [0, 0.05) is 17.0 Å². The van der Waals surface area contributed by atoms with Crippen molar-refractivity contribution >= 4 is 34.7 Å². The summed E-state index contributed by atoms with van der Waals surface area (Å²) in [5.41, 5.74) is 1.53. The summed E-state index contributed by atoms with van der Waals surface area (Å²) >= 11 is 7.41. The summed E-state index contributed by atoms with van der Waals surface area (Å²) in [6, 6.07) is 14.6. The maximum atomic E-state index is 13.6. The van der Waals surface area contributed by atoms with Crippen LogP contribution in [0.3, 0.4) is 0 Å². The van der Waals surface area contributed by atoms with Crippen LogP contribution in [0.15, 0.2) is 60.0 Å². The number of carboxylic acid groups (broad SMARTS) is 1. The Kier molecular flexibility index (Phi) is 5.17. The molecule has 8 heteroatoms. The van der Waals surface area contributed by atoms with Crippen LogP contribution >= 0.6 is 22.9 Å². The normalized spacial score (nSPS) is 24.3. The Bertz CT molecular complexity index is 1130. The number of fused-ring (bicyclic) bond motifs is 1. The van der Waals surface area contributed by atoms with E-state index in [2.05, 4.69) is 5.32 Å². The van der Waals surface area contributed by atoms with Crippen LogP contribution in [0.2, 0.25) is 5.02 Å². The standard InChI is InChI=1S/C23H18ClNO5S/c24-14-6-3-12(4-7-14)18-19(22(26)17-2-1-9-31-17)20(25-21(18)23(27)28)13-5-8-15-16(10-13)30-11-29-15/h1-10,18-21,25H,11H2,(H,27,28). The average molecular weight is 456 g/mol. The monoisotopic (exact) mass is 455 g/mol. The molecule has 3 aromatic rings. The van der Waals surface area contributed by atoms with Crippen molar-refractivity contribution in [1.29, 1.82) is 0 Å². The van der Waals surface area contributed by atoms with Crippen molar-refractivity contribution in [3.63, 3.8) is 0 Å². The number of ketones is 1. The number of hydrogen-bond donors (Lipinski definition) is 2. The van der Waals surface area contributed by atoms with Crippen LogP contribution in [0.1, 0.15) is 32.8 Å². The molecular formula is C23H18ClNO5S. The molecule has 0 spiro atoms. The number of nitrogens with one attached hydrogen (secondary N) is 1. The van der Waals surface area contributed by atoms with Crippen LogP contribution in [-0.2, 0) is 4.79 Å². The fraction of sp³-hybridized carbons (Fsp3) is 0.217. The summed E-state index contributed by atoms with van der Waals surface area (Å²) in [7, 11) is 0. The largest absolute Gasteiger partial charge is 0.480 e. The number of carbonyl (C=O) groups excluding carboxylic acids is 1. The first-order valence-corrected chi connectivity index (χ1v) is 11.0. The molecular weight excluding hydrogens is 438 g/mol. The Labute approximate surface area is 187 Å². The molecule has 0 amide bonds. The Morgan fingerprint density at radius 1 is 1.03 bits per heavy atom. The predicted molar refractivity (Wildman–Crippen MR) is 116 cm³/mol. The topological polar surface area (TPSA) is 84.9 Å². The third-order valence-electron chi connectivity index (χ3n) is 5.81. The van der Waals surface area contributed by atoms with Crippen molar-refractivity contribution < 1.29 is 24.2 Å². The molecule has 2 aromatic carbocycles. The first kappa shape index (κ1) is 20.1. The van der Waals surface area contributed by atoms with Crippen LogP contribution in [0.4, 0.5) is 0 Å². The first-order valence-electron chi connectivity index (χ1n) is 9.74. The third kappa shape index (κ3) is 3.59. The fourth-order valence-corrected chi connectivity index (χ4v) is 5.27. The highest BCUT2D eigenvalue weighted by atomic mass is 35.5.